The van der Waals surface area contributed by atoms with E-state index in [1.807, 2.05) is 0 Å². The first-order chi connectivity index (χ1) is 15.0. The molecular formula is C23H25FN4O3. The number of carbonyl (C=O) groups is 1. The summed E-state index contributed by atoms with van der Waals surface area (Å²) in [6.45, 7) is 2.38. The number of H-pyrrole nitrogens is 1. The molecule has 8 heteroatoms. The standard InChI is InChI=1S/C23H25FN4O3/c1-12-19(23(30)28-16-3-2-4-17(16)29)21-22(27-12)20(25-11-26-21)15-9-14(24)7-8-18(15)31-10-13-5-6-13/h7-9,11,13,16-17,27,29H,2-6,10H2,1H3,(H,28,30)/t16-,17-/m1/s1. The minimum absolute atomic E-state index is 0.260. The lowest BCUT2D eigenvalue weighted by atomic mass is 10.1. The van der Waals surface area contributed by atoms with E-state index < -0.39 is 11.9 Å². The molecule has 3 N–H and O–H groups in total. The maximum atomic E-state index is 14.1. The van der Waals surface area contributed by atoms with E-state index in [-0.39, 0.29) is 11.9 Å². The minimum Gasteiger partial charge on any atom is -0.493 e. The van der Waals surface area contributed by atoms with Crippen molar-refractivity contribution >= 4 is 16.9 Å². The topological polar surface area (TPSA) is 100 Å². The summed E-state index contributed by atoms with van der Waals surface area (Å²) in [6, 6.07) is 4.13. The number of ether oxygens (including phenoxy) is 1. The minimum atomic E-state index is -0.530. The van der Waals surface area contributed by atoms with E-state index in [0.717, 1.165) is 25.7 Å². The predicted octanol–water partition coefficient (Wildman–Crippen LogP) is 3.50. The van der Waals surface area contributed by atoms with Crippen molar-refractivity contribution in [1.29, 1.82) is 0 Å². The number of aliphatic hydroxyl groups is 1. The SMILES string of the molecule is Cc1[nH]c2c(-c3cc(F)ccc3OCC3CC3)ncnc2c1C(=O)N[C@@H]1CCC[C@H]1O. The molecule has 2 aliphatic carbocycles. The summed E-state index contributed by atoms with van der Waals surface area (Å²) in [5.41, 5.74) is 3.07. The van der Waals surface area contributed by atoms with E-state index in [0.29, 0.717) is 58.2 Å². The van der Waals surface area contributed by atoms with Crippen molar-refractivity contribution in [2.24, 2.45) is 5.92 Å². The van der Waals surface area contributed by atoms with Crippen molar-refractivity contribution in [3.8, 4) is 17.0 Å². The molecule has 0 spiro atoms. The first kappa shape index (κ1) is 19.9. The van der Waals surface area contributed by atoms with Crippen LogP contribution in [-0.4, -0.2) is 44.7 Å². The molecule has 162 valence electrons. The molecule has 3 aromatic rings. The number of nitrogens with zero attached hydrogens (tertiary/aromatic N) is 2. The van der Waals surface area contributed by atoms with Crippen LogP contribution in [0.3, 0.4) is 0 Å². The molecule has 0 bridgehead atoms. The van der Waals surface area contributed by atoms with Crippen LogP contribution in [0.2, 0.25) is 0 Å². The zero-order chi connectivity index (χ0) is 21.5. The van der Waals surface area contributed by atoms with Crippen LogP contribution in [0.25, 0.3) is 22.3 Å². The third-order valence-corrected chi connectivity index (χ3v) is 6.16. The number of aromatic nitrogens is 3. The quantitative estimate of drug-likeness (QED) is 0.562. The van der Waals surface area contributed by atoms with Gasteiger partial charge in [0.25, 0.3) is 5.91 Å². The van der Waals surface area contributed by atoms with E-state index in [2.05, 4.69) is 20.3 Å². The van der Waals surface area contributed by atoms with Crippen molar-refractivity contribution in [1.82, 2.24) is 20.3 Å². The lowest BCUT2D eigenvalue weighted by Gasteiger charge is -2.16. The maximum Gasteiger partial charge on any atom is 0.255 e. The van der Waals surface area contributed by atoms with Crippen LogP contribution in [0.15, 0.2) is 24.5 Å². The zero-order valence-electron chi connectivity index (χ0n) is 17.3. The van der Waals surface area contributed by atoms with E-state index in [1.54, 1.807) is 13.0 Å². The average Bonchev–Trinajstić information content (AvgIpc) is 3.40. The van der Waals surface area contributed by atoms with Gasteiger partial charge in [0.05, 0.1) is 29.8 Å². The van der Waals surface area contributed by atoms with Crippen LogP contribution in [0.5, 0.6) is 5.75 Å². The van der Waals surface area contributed by atoms with Gasteiger partial charge >= 0.3 is 0 Å². The number of hydrogen-bond donors (Lipinski definition) is 3. The fourth-order valence-electron chi connectivity index (χ4n) is 4.26. The molecule has 2 aliphatic rings. The normalized spacial score (nSPS) is 20.9. The summed E-state index contributed by atoms with van der Waals surface area (Å²) < 4.78 is 20.1. The van der Waals surface area contributed by atoms with Crippen molar-refractivity contribution in [3.05, 3.63) is 41.6 Å². The number of aliphatic hydroxyl groups excluding tert-OH is 1. The zero-order valence-corrected chi connectivity index (χ0v) is 17.3. The van der Waals surface area contributed by atoms with Crippen molar-refractivity contribution in [2.75, 3.05) is 6.61 Å². The summed E-state index contributed by atoms with van der Waals surface area (Å²) in [5.74, 6) is 0.429. The summed E-state index contributed by atoms with van der Waals surface area (Å²) in [4.78, 5) is 24.9. The monoisotopic (exact) mass is 424 g/mol. The lowest BCUT2D eigenvalue weighted by Crippen LogP contribution is -2.40. The van der Waals surface area contributed by atoms with E-state index in [9.17, 15) is 14.3 Å². The molecule has 7 nitrogen and oxygen atoms in total. The van der Waals surface area contributed by atoms with Gasteiger partial charge < -0.3 is 20.1 Å². The molecule has 31 heavy (non-hydrogen) atoms. The second-order valence-electron chi connectivity index (χ2n) is 8.54. The highest BCUT2D eigenvalue weighted by Gasteiger charge is 2.29. The van der Waals surface area contributed by atoms with Gasteiger partial charge in [-0.1, -0.05) is 0 Å². The fraction of sp³-hybridized carbons (Fsp3) is 0.435. The van der Waals surface area contributed by atoms with Gasteiger partial charge in [0.1, 0.15) is 29.1 Å². The van der Waals surface area contributed by atoms with E-state index in [4.69, 9.17) is 4.74 Å². The number of hydrogen-bond acceptors (Lipinski definition) is 5. The highest BCUT2D eigenvalue weighted by molar-refractivity contribution is 6.09. The number of amides is 1. The summed E-state index contributed by atoms with van der Waals surface area (Å²) in [6.07, 6.45) is 5.47. The van der Waals surface area contributed by atoms with E-state index >= 15 is 0 Å². The van der Waals surface area contributed by atoms with Crippen molar-refractivity contribution in [2.45, 2.75) is 51.2 Å². The number of aryl methyl sites for hydroxylation is 1. The molecule has 2 saturated carbocycles. The molecule has 0 radical (unpaired) electrons. The average molecular weight is 424 g/mol. The number of carbonyl (C=O) groups excluding carboxylic acids is 1. The van der Waals surface area contributed by atoms with Crippen LogP contribution < -0.4 is 10.1 Å². The molecule has 5 rings (SSSR count). The molecule has 2 heterocycles. The summed E-state index contributed by atoms with van der Waals surface area (Å²) >= 11 is 0. The maximum absolute atomic E-state index is 14.1. The van der Waals surface area contributed by atoms with Gasteiger partial charge in [0.2, 0.25) is 0 Å². The van der Waals surface area contributed by atoms with Gasteiger partial charge in [-0.2, -0.15) is 0 Å². The van der Waals surface area contributed by atoms with Gasteiger partial charge in [-0.3, -0.25) is 4.79 Å². The molecule has 2 aromatic heterocycles. The Morgan fingerprint density at radius 3 is 2.87 bits per heavy atom. The van der Waals surface area contributed by atoms with Gasteiger partial charge in [-0.25, -0.2) is 14.4 Å². The number of aromatic amines is 1. The Hall–Kier alpha value is -3.00. The first-order valence-electron chi connectivity index (χ1n) is 10.8. The first-order valence-corrected chi connectivity index (χ1v) is 10.8. The Kier molecular flexibility index (Phi) is 5.09. The summed E-state index contributed by atoms with van der Waals surface area (Å²) in [7, 11) is 0. The number of halogens is 1. The highest BCUT2D eigenvalue weighted by Crippen LogP contribution is 2.36. The largest absolute Gasteiger partial charge is 0.493 e. The van der Waals surface area contributed by atoms with Crippen LogP contribution in [0, 0.1) is 18.7 Å². The molecule has 0 saturated heterocycles. The van der Waals surface area contributed by atoms with E-state index in [1.165, 1.54) is 18.5 Å². The Balaban J connectivity index is 1.53. The Morgan fingerprint density at radius 2 is 2.13 bits per heavy atom. The summed E-state index contributed by atoms with van der Waals surface area (Å²) in [5, 5.41) is 13.0. The van der Waals surface area contributed by atoms with Crippen LogP contribution >= 0.6 is 0 Å². The Bertz CT molecular complexity index is 1140. The van der Waals surface area contributed by atoms with Crippen molar-refractivity contribution in [3.63, 3.8) is 0 Å². The third-order valence-electron chi connectivity index (χ3n) is 6.16. The van der Waals surface area contributed by atoms with Gasteiger partial charge in [-0.15, -0.1) is 0 Å². The van der Waals surface area contributed by atoms with Gasteiger partial charge in [0, 0.05) is 11.3 Å². The predicted molar refractivity (Wildman–Crippen MR) is 113 cm³/mol. The second-order valence-corrected chi connectivity index (χ2v) is 8.54. The molecule has 1 aromatic carbocycles. The van der Waals surface area contributed by atoms with Crippen LogP contribution in [-0.2, 0) is 0 Å². The number of nitrogens with one attached hydrogen (secondary N) is 2. The van der Waals surface area contributed by atoms with Crippen molar-refractivity contribution < 1.29 is 19.0 Å². The van der Waals surface area contributed by atoms with Gasteiger partial charge in [0.15, 0.2) is 0 Å². The lowest BCUT2D eigenvalue weighted by molar-refractivity contribution is 0.0874. The fourth-order valence-corrected chi connectivity index (χ4v) is 4.26. The number of fused-ring (bicyclic) bond motifs is 1. The molecule has 0 unspecified atom stereocenters. The second kappa shape index (κ2) is 7.92. The molecule has 2 fully saturated rings. The third kappa shape index (κ3) is 3.87. The molecule has 1 amide bonds. The highest BCUT2D eigenvalue weighted by atomic mass is 19.1. The number of rotatable bonds is 6. The van der Waals surface area contributed by atoms with Gasteiger partial charge in [-0.05, 0) is 63.1 Å². The molecule has 2 atom stereocenters. The van der Waals surface area contributed by atoms with Crippen LogP contribution in [0.4, 0.5) is 4.39 Å². The Labute approximate surface area is 179 Å². The Morgan fingerprint density at radius 1 is 1.29 bits per heavy atom. The van der Waals surface area contributed by atoms with Crippen LogP contribution in [0.1, 0.15) is 48.2 Å². The smallest absolute Gasteiger partial charge is 0.255 e. The molecular weight excluding hydrogens is 399 g/mol. The number of benzene rings is 1. The molecule has 0 aliphatic heterocycles.